The summed E-state index contributed by atoms with van der Waals surface area (Å²) in [4.78, 5) is 15.0. The normalized spacial score (nSPS) is 24.0. The smallest absolute Gasteiger partial charge is 0.251 e. The van der Waals surface area contributed by atoms with Gasteiger partial charge in [-0.05, 0) is 68.8 Å². The van der Waals surface area contributed by atoms with Crippen molar-refractivity contribution in [1.82, 2.24) is 10.2 Å². The molecule has 26 heavy (non-hydrogen) atoms. The van der Waals surface area contributed by atoms with Gasteiger partial charge in [-0.1, -0.05) is 52.2 Å². The molecule has 1 aromatic carbocycles. The molecule has 0 aliphatic carbocycles. The van der Waals surface area contributed by atoms with Crippen LogP contribution >= 0.6 is 0 Å². The first kappa shape index (κ1) is 21.0. The van der Waals surface area contributed by atoms with Gasteiger partial charge >= 0.3 is 0 Å². The molecule has 1 amide bonds. The van der Waals surface area contributed by atoms with Crippen molar-refractivity contribution in [3.05, 3.63) is 35.4 Å². The summed E-state index contributed by atoms with van der Waals surface area (Å²) >= 11 is 0. The molecule has 0 bridgehead atoms. The van der Waals surface area contributed by atoms with Crippen LogP contribution in [-0.4, -0.2) is 36.5 Å². The number of carbonyl (C=O) groups is 1. The molecule has 0 saturated carbocycles. The van der Waals surface area contributed by atoms with Crippen LogP contribution in [0.15, 0.2) is 24.3 Å². The molecule has 0 radical (unpaired) electrons. The zero-order chi connectivity index (χ0) is 19.2. The molecule has 1 heterocycles. The maximum Gasteiger partial charge on any atom is 0.251 e. The van der Waals surface area contributed by atoms with Crippen LogP contribution in [0.3, 0.4) is 0 Å². The predicted molar refractivity (Wildman–Crippen MR) is 111 cm³/mol. The van der Waals surface area contributed by atoms with E-state index in [4.69, 9.17) is 0 Å². The number of hydrogen-bond acceptors (Lipinski definition) is 2. The van der Waals surface area contributed by atoms with Crippen molar-refractivity contribution in [2.24, 2.45) is 5.92 Å². The molecule has 1 aliphatic heterocycles. The molecule has 1 N–H and O–H groups in total. The number of rotatable bonds is 8. The van der Waals surface area contributed by atoms with Gasteiger partial charge in [-0.2, -0.15) is 0 Å². The van der Waals surface area contributed by atoms with Crippen LogP contribution in [0.25, 0.3) is 0 Å². The number of benzene rings is 1. The third kappa shape index (κ3) is 5.33. The second-order valence-corrected chi connectivity index (χ2v) is 8.64. The van der Waals surface area contributed by atoms with Crippen LogP contribution in [0.2, 0.25) is 0 Å². The first-order chi connectivity index (χ1) is 12.4. The van der Waals surface area contributed by atoms with Gasteiger partial charge in [0.25, 0.3) is 5.91 Å². The number of likely N-dealkylation sites (tertiary alicyclic amines) is 1. The number of carbonyl (C=O) groups excluding carboxylic acids is 1. The Morgan fingerprint density at radius 3 is 2.73 bits per heavy atom. The van der Waals surface area contributed by atoms with Crippen molar-refractivity contribution in [3.8, 4) is 0 Å². The van der Waals surface area contributed by atoms with E-state index >= 15 is 0 Å². The third-order valence-corrected chi connectivity index (χ3v) is 6.10. The van der Waals surface area contributed by atoms with Crippen molar-refractivity contribution < 1.29 is 4.79 Å². The van der Waals surface area contributed by atoms with E-state index in [9.17, 15) is 4.79 Å². The summed E-state index contributed by atoms with van der Waals surface area (Å²) in [5, 5.41) is 3.01. The summed E-state index contributed by atoms with van der Waals surface area (Å²) in [6, 6.07) is 8.46. The Hall–Kier alpha value is -1.35. The van der Waals surface area contributed by atoms with Crippen molar-refractivity contribution >= 4 is 5.91 Å². The van der Waals surface area contributed by atoms with Crippen molar-refractivity contribution in [1.29, 1.82) is 0 Å². The molecular formula is C23H38N2O. The molecule has 2 unspecified atom stereocenters. The minimum Gasteiger partial charge on any atom is -0.350 e. The van der Waals surface area contributed by atoms with Gasteiger partial charge < -0.3 is 10.2 Å². The van der Waals surface area contributed by atoms with Gasteiger partial charge in [-0.3, -0.25) is 4.79 Å². The number of unbranched alkanes of at least 4 members (excludes halogenated alkanes) is 3. The van der Waals surface area contributed by atoms with E-state index in [0.29, 0.717) is 5.92 Å². The van der Waals surface area contributed by atoms with Crippen molar-refractivity contribution in [2.45, 2.75) is 78.2 Å². The number of piperidine rings is 1. The number of hydrogen-bond donors (Lipinski definition) is 1. The van der Waals surface area contributed by atoms with E-state index in [1.807, 2.05) is 26.0 Å². The highest BCUT2D eigenvalue weighted by Crippen LogP contribution is 2.39. The average molecular weight is 359 g/mol. The van der Waals surface area contributed by atoms with Crippen LogP contribution in [0.5, 0.6) is 0 Å². The lowest BCUT2D eigenvalue weighted by atomic mass is 9.68. The van der Waals surface area contributed by atoms with Crippen LogP contribution < -0.4 is 5.32 Å². The topological polar surface area (TPSA) is 32.3 Å². The molecule has 2 atom stereocenters. The van der Waals surface area contributed by atoms with Gasteiger partial charge in [-0.15, -0.1) is 0 Å². The highest BCUT2D eigenvalue weighted by atomic mass is 16.1. The molecule has 146 valence electrons. The lowest BCUT2D eigenvalue weighted by Gasteiger charge is -2.45. The van der Waals surface area contributed by atoms with Crippen molar-refractivity contribution in [3.63, 3.8) is 0 Å². The zero-order valence-electron chi connectivity index (χ0n) is 17.5. The van der Waals surface area contributed by atoms with E-state index in [1.54, 1.807) is 0 Å². The van der Waals surface area contributed by atoms with Crippen LogP contribution in [0.1, 0.15) is 82.6 Å². The molecular weight excluding hydrogens is 320 g/mol. The zero-order valence-corrected chi connectivity index (χ0v) is 17.5. The standard InChI is InChI=1S/C23H38N2O/c1-6-7-8-9-14-25-15-13-23(5,19(4)17-25)21-12-10-11-20(16-21)22(26)24-18(2)3/h10-12,16,18-19H,6-9,13-15,17H2,1-5H3,(H,24,26). The quantitative estimate of drug-likeness (QED) is 0.663. The molecule has 3 heteroatoms. The molecule has 1 saturated heterocycles. The Kier molecular flexibility index (Phi) is 7.69. The molecule has 0 spiro atoms. The van der Waals surface area contributed by atoms with Crippen molar-refractivity contribution in [2.75, 3.05) is 19.6 Å². The van der Waals surface area contributed by atoms with Gasteiger partial charge in [0.15, 0.2) is 0 Å². The maximum atomic E-state index is 12.4. The fraction of sp³-hybridized carbons (Fsp3) is 0.696. The highest BCUT2D eigenvalue weighted by molar-refractivity contribution is 5.94. The summed E-state index contributed by atoms with van der Waals surface area (Å²) < 4.78 is 0. The molecule has 1 aromatic rings. The Bertz CT molecular complexity index is 583. The Morgan fingerprint density at radius 1 is 1.31 bits per heavy atom. The van der Waals surface area contributed by atoms with Gasteiger partial charge in [0.05, 0.1) is 0 Å². The van der Waals surface area contributed by atoms with E-state index in [1.165, 1.54) is 37.8 Å². The fourth-order valence-electron chi connectivity index (χ4n) is 4.07. The molecule has 3 nitrogen and oxygen atoms in total. The second-order valence-electron chi connectivity index (χ2n) is 8.64. The van der Waals surface area contributed by atoms with Gasteiger partial charge in [0.1, 0.15) is 0 Å². The molecule has 2 rings (SSSR count). The number of nitrogens with zero attached hydrogens (tertiary/aromatic N) is 1. The van der Waals surface area contributed by atoms with E-state index in [-0.39, 0.29) is 17.4 Å². The predicted octanol–water partition coefficient (Wildman–Crippen LogP) is 5.00. The SMILES string of the molecule is CCCCCCN1CCC(C)(c2cccc(C(=O)NC(C)C)c2)C(C)C1. The second kappa shape index (κ2) is 9.55. The van der Waals surface area contributed by atoms with E-state index in [0.717, 1.165) is 25.1 Å². The number of amides is 1. The highest BCUT2D eigenvalue weighted by Gasteiger charge is 2.38. The van der Waals surface area contributed by atoms with Gasteiger partial charge in [0, 0.05) is 18.2 Å². The summed E-state index contributed by atoms with van der Waals surface area (Å²) in [7, 11) is 0. The number of nitrogens with one attached hydrogen (secondary N) is 1. The summed E-state index contributed by atoms with van der Waals surface area (Å²) in [5.41, 5.74) is 2.24. The monoisotopic (exact) mass is 358 g/mol. The molecule has 1 fully saturated rings. The Balaban J connectivity index is 2.03. The first-order valence-electron chi connectivity index (χ1n) is 10.5. The van der Waals surface area contributed by atoms with Crippen LogP contribution in [0, 0.1) is 5.92 Å². The first-order valence-corrected chi connectivity index (χ1v) is 10.5. The van der Waals surface area contributed by atoms with Gasteiger partial charge in [-0.25, -0.2) is 0 Å². The Morgan fingerprint density at radius 2 is 2.08 bits per heavy atom. The van der Waals surface area contributed by atoms with E-state index in [2.05, 4.69) is 43.1 Å². The van der Waals surface area contributed by atoms with Crippen LogP contribution in [-0.2, 0) is 5.41 Å². The average Bonchev–Trinajstić information content (AvgIpc) is 2.61. The lowest BCUT2D eigenvalue weighted by molar-refractivity contribution is 0.0941. The fourth-order valence-corrected chi connectivity index (χ4v) is 4.07. The maximum absolute atomic E-state index is 12.4. The summed E-state index contributed by atoms with van der Waals surface area (Å²) in [5.74, 6) is 0.622. The largest absolute Gasteiger partial charge is 0.350 e. The third-order valence-electron chi connectivity index (χ3n) is 6.10. The lowest BCUT2D eigenvalue weighted by Crippen LogP contribution is -2.47. The van der Waals surface area contributed by atoms with E-state index < -0.39 is 0 Å². The minimum absolute atomic E-state index is 0.0338. The molecule has 1 aliphatic rings. The molecule has 0 aromatic heterocycles. The van der Waals surface area contributed by atoms with Crippen LogP contribution in [0.4, 0.5) is 0 Å². The summed E-state index contributed by atoms with van der Waals surface area (Å²) in [6.45, 7) is 14.6. The van der Waals surface area contributed by atoms with Gasteiger partial charge in [0.2, 0.25) is 0 Å². The summed E-state index contributed by atoms with van der Waals surface area (Å²) in [6.07, 6.45) is 6.49. The Labute approximate surface area is 160 Å². The minimum atomic E-state index is 0.0338.